The van der Waals surface area contributed by atoms with Crippen molar-refractivity contribution < 1.29 is 13.5 Å². The molecule has 0 aliphatic carbocycles. The molecule has 0 bridgehead atoms. The highest BCUT2D eigenvalue weighted by molar-refractivity contribution is 7.90. The van der Waals surface area contributed by atoms with Gasteiger partial charge in [0.1, 0.15) is 12.2 Å². The molecule has 0 saturated carbocycles. The zero-order valence-corrected chi connectivity index (χ0v) is 9.32. The highest BCUT2D eigenvalue weighted by Gasteiger charge is 2.23. The maximum absolute atomic E-state index is 11.5. The summed E-state index contributed by atoms with van der Waals surface area (Å²) < 4.78 is 25.5. The van der Waals surface area contributed by atoms with Gasteiger partial charge in [-0.1, -0.05) is 0 Å². The molecule has 8 heteroatoms. The Labute approximate surface area is 88.0 Å². The fourth-order valence-electron chi connectivity index (χ4n) is 0.940. The molecule has 0 saturated heterocycles. The average molecular weight is 234 g/mol. The maximum Gasteiger partial charge on any atom is 0.217 e. The molecule has 7 nitrogen and oxygen atoms in total. The molecule has 0 aliphatic heterocycles. The van der Waals surface area contributed by atoms with Crippen LogP contribution in [0.4, 0.5) is 0 Å². The van der Waals surface area contributed by atoms with Crippen molar-refractivity contribution in [1.29, 1.82) is 0 Å². The number of sulfonamides is 1. The summed E-state index contributed by atoms with van der Waals surface area (Å²) in [6, 6.07) is -0.494. The third-order valence-electron chi connectivity index (χ3n) is 1.97. The van der Waals surface area contributed by atoms with E-state index >= 15 is 0 Å². The Morgan fingerprint density at radius 3 is 2.73 bits per heavy atom. The predicted molar refractivity (Wildman–Crippen MR) is 53.4 cm³/mol. The van der Waals surface area contributed by atoms with Crippen molar-refractivity contribution in [3.8, 4) is 0 Å². The summed E-state index contributed by atoms with van der Waals surface area (Å²) >= 11 is 0. The smallest absolute Gasteiger partial charge is 0.217 e. The minimum atomic E-state index is -3.52. The second kappa shape index (κ2) is 4.69. The Morgan fingerprint density at radius 2 is 2.27 bits per heavy atom. The lowest BCUT2D eigenvalue weighted by Gasteiger charge is -2.15. The van der Waals surface area contributed by atoms with E-state index in [1.54, 1.807) is 6.92 Å². The van der Waals surface area contributed by atoms with E-state index in [1.807, 2.05) is 0 Å². The van der Waals surface area contributed by atoms with Crippen LogP contribution in [-0.4, -0.2) is 40.6 Å². The number of aliphatic hydroxyl groups excluding tert-OH is 1. The van der Waals surface area contributed by atoms with Gasteiger partial charge in [0.25, 0.3) is 0 Å². The molecule has 0 spiro atoms. The van der Waals surface area contributed by atoms with Gasteiger partial charge in [0.15, 0.2) is 0 Å². The van der Waals surface area contributed by atoms with Gasteiger partial charge in [-0.2, -0.15) is 5.10 Å². The van der Waals surface area contributed by atoms with Crippen LogP contribution in [0.5, 0.6) is 0 Å². The fraction of sp³-hybridized carbons (Fsp3) is 0.714. The maximum atomic E-state index is 11.5. The summed E-state index contributed by atoms with van der Waals surface area (Å²) in [5, 5.41) is 14.1. The fourth-order valence-corrected chi connectivity index (χ4v) is 1.97. The monoisotopic (exact) mass is 234 g/mol. The molecule has 0 fully saturated rings. The van der Waals surface area contributed by atoms with Crippen molar-refractivity contribution in [2.45, 2.75) is 25.1 Å². The molecule has 0 aliphatic rings. The van der Waals surface area contributed by atoms with Crippen LogP contribution in [0.3, 0.4) is 0 Å². The molecule has 86 valence electrons. The molecule has 0 amide bonds. The first-order valence-electron chi connectivity index (χ1n) is 4.44. The van der Waals surface area contributed by atoms with Crippen LogP contribution in [-0.2, 0) is 10.0 Å². The first kappa shape index (κ1) is 12.1. The minimum absolute atomic E-state index is 0.418. The molecule has 1 aromatic rings. The quantitative estimate of drug-likeness (QED) is 0.616. The summed E-state index contributed by atoms with van der Waals surface area (Å²) in [4.78, 5) is 3.83. The summed E-state index contributed by atoms with van der Waals surface area (Å²) in [5.41, 5.74) is 0. The van der Waals surface area contributed by atoms with E-state index in [1.165, 1.54) is 13.3 Å². The topological polar surface area (TPSA) is 108 Å². The number of nitrogens with zero attached hydrogens (tertiary/aromatic N) is 2. The lowest BCUT2D eigenvalue weighted by atomic mass is 10.3. The second-order valence-electron chi connectivity index (χ2n) is 3.25. The van der Waals surface area contributed by atoms with Gasteiger partial charge in [0.2, 0.25) is 10.0 Å². The summed E-state index contributed by atoms with van der Waals surface area (Å²) in [6.45, 7) is 2.65. The van der Waals surface area contributed by atoms with E-state index in [2.05, 4.69) is 19.9 Å². The first-order chi connectivity index (χ1) is 6.97. The van der Waals surface area contributed by atoms with E-state index in [0.717, 1.165) is 0 Å². The Bertz CT molecular complexity index is 388. The minimum Gasteiger partial charge on any atom is -0.395 e. The van der Waals surface area contributed by atoms with Crippen molar-refractivity contribution in [2.24, 2.45) is 0 Å². The lowest BCUT2D eigenvalue weighted by Crippen LogP contribution is -2.36. The van der Waals surface area contributed by atoms with Gasteiger partial charge >= 0.3 is 0 Å². The highest BCUT2D eigenvalue weighted by Crippen LogP contribution is 2.08. The first-order valence-corrected chi connectivity index (χ1v) is 5.99. The Morgan fingerprint density at radius 1 is 1.60 bits per heavy atom. The Hall–Kier alpha value is -0.990. The van der Waals surface area contributed by atoms with Crippen LogP contribution in [0.1, 0.15) is 25.7 Å². The molecular weight excluding hydrogens is 220 g/mol. The van der Waals surface area contributed by atoms with Crippen molar-refractivity contribution in [3.63, 3.8) is 0 Å². The number of nitrogens with one attached hydrogen (secondary N) is 2. The normalized spacial score (nSPS) is 16.2. The van der Waals surface area contributed by atoms with Crippen LogP contribution in [0.2, 0.25) is 0 Å². The SMILES string of the molecule is CC(NS(=O)(=O)C(C)CO)c1ncn[nH]1. The van der Waals surface area contributed by atoms with Gasteiger partial charge in [-0.25, -0.2) is 18.1 Å². The molecule has 1 rings (SSSR count). The Kier molecular flexibility index (Phi) is 3.77. The largest absolute Gasteiger partial charge is 0.395 e. The summed E-state index contributed by atoms with van der Waals surface area (Å²) in [6.07, 6.45) is 1.30. The number of aromatic amines is 1. The average Bonchev–Trinajstić information content (AvgIpc) is 2.68. The predicted octanol–water partition coefficient (Wildman–Crippen LogP) is -0.834. The third kappa shape index (κ3) is 2.98. The van der Waals surface area contributed by atoms with Crippen LogP contribution in [0.15, 0.2) is 6.33 Å². The zero-order chi connectivity index (χ0) is 11.5. The number of aromatic nitrogens is 3. The van der Waals surface area contributed by atoms with Gasteiger partial charge in [0, 0.05) is 0 Å². The molecule has 3 N–H and O–H groups in total. The van der Waals surface area contributed by atoms with Crippen molar-refractivity contribution in [1.82, 2.24) is 19.9 Å². The second-order valence-corrected chi connectivity index (χ2v) is 5.38. The zero-order valence-electron chi connectivity index (χ0n) is 8.51. The van der Waals surface area contributed by atoms with E-state index in [-0.39, 0.29) is 0 Å². The van der Waals surface area contributed by atoms with Gasteiger partial charge in [-0.3, -0.25) is 5.10 Å². The van der Waals surface area contributed by atoms with Crippen LogP contribution < -0.4 is 4.72 Å². The van der Waals surface area contributed by atoms with E-state index in [0.29, 0.717) is 5.82 Å². The number of hydrogen-bond acceptors (Lipinski definition) is 5. The van der Waals surface area contributed by atoms with Crippen LogP contribution >= 0.6 is 0 Å². The van der Waals surface area contributed by atoms with E-state index < -0.39 is 27.9 Å². The van der Waals surface area contributed by atoms with Crippen molar-refractivity contribution in [2.75, 3.05) is 6.61 Å². The lowest BCUT2D eigenvalue weighted by molar-refractivity contribution is 0.294. The molecule has 2 unspecified atom stereocenters. The van der Waals surface area contributed by atoms with E-state index in [9.17, 15) is 8.42 Å². The van der Waals surface area contributed by atoms with Gasteiger partial charge in [-0.05, 0) is 13.8 Å². The third-order valence-corrected chi connectivity index (χ3v) is 3.86. The van der Waals surface area contributed by atoms with Gasteiger partial charge < -0.3 is 5.11 Å². The molecule has 0 aromatic carbocycles. The standard InChI is InChI=1S/C7H14N4O3S/c1-5(3-12)15(13,14)11-6(2)7-8-4-9-10-7/h4-6,11-12H,3H2,1-2H3,(H,8,9,10). The number of rotatable bonds is 5. The molecule has 1 aromatic heterocycles. The van der Waals surface area contributed by atoms with Crippen molar-refractivity contribution in [3.05, 3.63) is 12.2 Å². The van der Waals surface area contributed by atoms with Gasteiger partial charge in [-0.15, -0.1) is 0 Å². The van der Waals surface area contributed by atoms with Crippen LogP contribution in [0.25, 0.3) is 0 Å². The summed E-state index contributed by atoms with van der Waals surface area (Å²) in [5.74, 6) is 0.434. The number of hydrogen-bond donors (Lipinski definition) is 3. The van der Waals surface area contributed by atoms with Gasteiger partial charge in [0.05, 0.1) is 17.9 Å². The highest BCUT2D eigenvalue weighted by atomic mass is 32.2. The number of H-pyrrole nitrogens is 1. The molecular formula is C7H14N4O3S. The molecule has 1 heterocycles. The van der Waals surface area contributed by atoms with Crippen molar-refractivity contribution >= 4 is 10.0 Å². The molecule has 2 atom stereocenters. The Balaban J connectivity index is 2.70. The molecule has 0 radical (unpaired) electrons. The molecule has 15 heavy (non-hydrogen) atoms. The van der Waals surface area contributed by atoms with Crippen LogP contribution in [0, 0.1) is 0 Å². The number of aliphatic hydroxyl groups is 1. The van der Waals surface area contributed by atoms with E-state index in [4.69, 9.17) is 5.11 Å². The summed E-state index contributed by atoms with van der Waals surface area (Å²) in [7, 11) is -3.52.